The summed E-state index contributed by atoms with van der Waals surface area (Å²) in [5.41, 5.74) is 5.82. The van der Waals surface area contributed by atoms with E-state index in [4.69, 9.17) is 10.5 Å². The zero-order chi connectivity index (χ0) is 16.9. The van der Waals surface area contributed by atoms with Gasteiger partial charge in [-0.2, -0.15) is 0 Å². The van der Waals surface area contributed by atoms with E-state index in [0.717, 1.165) is 5.56 Å². The maximum atomic E-state index is 13.5. The minimum absolute atomic E-state index is 0.173. The third-order valence-electron chi connectivity index (χ3n) is 3.69. The highest BCUT2D eigenvalue weighted by Gasteiger charge is 2.32. The fraction of sp³-hybridized carbons (Fsp3) is 0.278. The molecule has 1 amide bonds. The lowest BCUT2D eigenvalue weighted by Crippen LogP contribution is -2.50. The molecule has 1 atom stereocenters. The first kappa shape index (κ1) is 17.0. The Kier molecular flexibility index (Phi) is 5.34. The van der Waals surface area contributed by atoms with Crippen molar-refractivity contribution >= 4 is 5.91 Å². The van der Waals surface area contributed by atoms with Gasteiger partial charge in [-0.15, -0.1) is 0 Å². The molecule has 0 aliphatic carbocycles. The number of halogens is 1. The number of carbonyl (C=O) groups is 1. The largest absolute Gasteiger partial charge is 0.489 e. The summed E-state index contributed by atoms with van der Waals surface area (Å²) in [6.45, 7) is 2.18. The van der Waals surface area contributed by atoms with Gasteiger partial charge in [-0.25, -0.2) is 4.39 Å². The highest BCUT2D eigenvalue weighted by molar-refractivity contribution is 5.86. The van der Waals surface area contributed by atoms with E-state index in [9.17, 15) is 9.18 Å². The molecular weight excluding hydrogens is 295 g/mol. The number of amides is 1. The maximum absolute atomic E-state index is 13.5. The van der Waals surface area contributed by atoms with Gasteiger partial charge in [0.2, 0.25) is 5.91 Å². The van der Waals surface area contributed by atoms with Crippen LogP contribution in [0.4, 0.5) is 4.39 Å². The number of hydrogen-bond donors (Lipinski definition) is 1. The predicted octanol–water partition coefficient (Wildman–Crippen LogP) is 2.54. The van der Waals surface area contributed by atoms with Crippen LogP contribution in [0, 0.1) is 5.82 Å². The van der Waals surface area contributed by atoms with Crippen LogP contribution in [0.1, 0.15) is 12.5 Å². The van der Waals surface area contributed by atoms with Gasteiger partial charge in [0.25, 0.3) is 0 Å². The quantitative estimate of drug-likeness (QED) is 0.891. The van der Waals surface area contributed by atoms with Crippen molar-refractivity contribution in [3.63, 3.8) is 0 Å². The van der Waals surface area contributed by atoms with Crippen LogP contribution in [-0.2, 0) is 10.3 Å². The second kappa shape index (κ2) is 7.24. The molecule has 4 nitrogen and oxygen atoms in total. The second-order valence-electron chi connectivity index (χ2n) is 5.57. The standard InChI is InChI=1S/C18H21FN2O2/c1-18(20,14-8-4-3-5-9-14)17(22)21(2)12-13-23-16-11-7-6-10-15(16)19/h3-11H,12-13,20H2,1-2H3. The molecule has 5 heteroatoms. The molecule has 2 aromatic carbocycles. The van der Waals surface area contributed by atoms with Crippen molar-refractivity contribution in [1.82, 2.24) is 4.90 Å². The van der Waals surface area contributed by atoms with Gasteiger partial charge in [0, 0.05) is 7.05 Å². The lowest BCUT2D eigenvalue weighted by Gasteiger charge is -2.29. The molecule has 0 bridgehead atoms. The van der Waals surface area contributed by atoms with E-state index in [1.807, 2.05) is 30.3 Å². The summed E-state index contributed by atoms with van der Waals surface area (Å²) in [6.07, 6.45) is 0. The lowest BCUT2D eigenvalue weighted by atomic mass is 9.92. The van der Waals surface area contributed by atoms with Crippen LogP contribution in [0.15, 0.2) is 54.6 Å². The smallest absolute Gasteiger partial charge is 0.246 e. The fourth-order valence-electron chi connectivity index (χ4n) is 2.26. The summed E-state index contributed by atoms with van der Waals surface area (Å²) in [4.78, 5) is 14.0. The van der Waals surface area contributed by atoms with Gasteiger partial charge in [-0.1, -0.05) is 42.5 Å². The molecule has 0 saturated carbocycles. The first-order valence-corrected chi connectivity index (χ1v) is 7.40. The zero-order valence-electron chi connectivity index (χ0n) is 13.3. The van der Waals surface area contributed by atoms with E-state index in [1.165, 1.54) is 11.0 Å². The van der Waals surface area contributed by atoms with E-state index in [0.29, 0.717) is 6.54 Å². The average Bonchev–Trinajstić information content (AvgIpc) is 2.56. The minimum Gasteiger partial charge on any atom is -0.489 e. The van der Waals surface area contributed by atoms with Crippen molar-refractivity contribution in [3.8, 4) is 5.75 Å². The summed E-state index contributed by atoms with van der Waals surface area (Å²) >= 11 is 0. The molecule has 23 heavy (non-hydrogen) atoms. The molecule has 0 fully saturated rings. The molecule has 2 rings (SSSR count). The topological polar surface area (TPSA) is 55.6 Å². The van der Waals surface area contributed by atoms with Crippen LogP contribution in [0.5, 0.6) is 5.75 Å². The van der Waals surface area contributed by atoms with E-state index in [1.54, 1.807) is 32.2 Å². The van der Waals surface area contributed by atoms with Crippen LogP contribution in [-0.4, -0.2) is 31.0 Å². The number of para-hydroxylation sites is 1. The van der Waals surface area contributed by atoms with Crippen LogP contribution in [0.3, 0.4) is 0 Å². The Bertz CT molecular complexity index is 659. The number of nitrogens with two attached hydrogens (primary N) is 1. The lowest BCUT2D eigenvalue weighted by molar-refractivity contribution is -0.135. The van der Waals surface area contributed by atoms with Gasteiger partial charge in [0.1, 0.15) is 12.1 Å². The number of rotatable bonds is 6. The third kappa shape index (κ3) is 4.07. The van der Waals surface area contributed by atoms with Crippen LogP contribution in [0.2, 0.25) is 0 Å². The number of carbonyl (C=O) groups excluding carboxylic acids is 1. The number of ether oxygens (including phenoxy) is 1. The van der Waals surface area contributed by atoms with E-state index in [-0.39, 0.29) is 18.3 Å². The Labute approximate surface area is 135 Å². The average molecular weight is 316 g/mol. The number of nitrogens with zero attached hydrogens (tertiary/aromatic N) is 1. The van der Waals surface area contributed by atoms with E-state index >= 15 is 0 Å². The number of benzene rings is 2. The van der Waals surface area contributed by atoms with Gasteiger partial charge >= 0.3 is 0 Å². The van der Waals surface area contributed by atoms with Gasteiger partial charge < -0.3 is 15.4 Å². The highest BCUT2D eigenvalue weighted by Crippen LogP contribution is 2.20. The Morgan fingerprint density at radius 1 is 1.17 bits per heavy atom. The molecule has 2 N–H and O–H groups in total. The van der Waals surface area contributed by atoms with Crippen molar-refractivity contribution in [2.45, 2.75) is 12.5 Å². The van der Waals surface area contributed by atoms with Gasteiger partial charge in [0.15, 0.2) is 11.6 Å². The summed E-state index contributed by atoms with van der Waals surface area (Å²) < 4.78 is 18.8. The normalized spacial score (nSPS) is 13.2. The van der Waals surface area contributed by atoms with Crippen LogP contribution < -0.4 is 10.5 Å². The zero-order valence-corrected chi connectivity index (χ0v) is 13.3. The Morgan fingerprint density at radius 2 is 1.78 bits per heavy atom. The molecule has 2 aromatic rings. The molecule has 122 valence electrons. The predicted molar refractivity (Wildman–Crippen MR) is 87.5 cm³/mol. The molecule has 0 spiro atoms. The maximum Gasteiger partial charge on any atom is 0.246 e. The van der Waals surface area contributed by atoms with Crippen molar-refractivity contribution in [2.24, 2.45) is 5.73 Å². The van der Waals surface area contributed by atoms with Gasteiger partial charge in [0.05, 0.1) is 6.54 Å². The van der Waals surface area contributed by atoms with E-state index < -0.39 is 11.4 Å². The molecule has 0 heterocycles. The first-order chi connectivity index (χ1) is 10.9. The van der Waals surface area contributed by atoms with Crippen LogP contribution in [0.25, 0.3) is 0 Å². The van der Waals surface area contributed by atoms with Gasteiger partial charge in [-0.05, 0) is 24.6 Å². The molecule has 1 unspecified atom stereocenters. The monoisotopic (exact) mass is 316 g/mol. The Balaban J connectivity index is 1.94. The number of hydrogen-bond acceptors (Lipinski definition) is 3. The van der Waals surface area contributed by atoms with Crippen LogP contribution >= 0.6 is 0 Å². The summed E-state index contributed by atoms with van der Waals surface area (Å²) in [5.74, 6) is -0.470. The molecular formula is C18H21FN2O2. The third-order valence-corrected chi connectivity index (χ3v) is 3.69. The molecule has 0 saturated heterocycles. The van der Waals surface area contributed by atoms with Crippen molar-refractivity contribution in [3.05, 3.63) is 66.0 Å². The van der Waals surface area contributed by atoms with Crippen molar-refractivity contribution < 1.29 is 13.9 Å². The number of likely N-dealkylation sites (N-methyl/N-ethyl adjacent to an activating group) is 1. The van der Waals surface area contributed by atoms with Gasteiger partial charge in [-0.3, -0.25) is 4.79 Å². The molecule has 0 radical (unpaired) electrons. The van der Waals surface area contributed by atoms with E-state index in [2.05, 4.69) is 0 Å². The summed E-state index contributed by atoms with van der Waals surface area (Å²) in [5, 5.41) is 0. The van der Waals surface area contributed by atoms with Crippen molar-refractivity contribution in [1.29, 1.82) is 0 Å². The Morgan fingerprint density at radius 3 is 2.43 bits per heavy atom. The highest BCUT2D eigenvalue weighted by atomic mass is 19.1. The molecule has 0 aliphatic heterocycles. The fourth-order valence-corrected chi connectivity index (χ4v) is 2.26. The Hall–Kier alpha value is -2.40. The first-order valence-electron chi connectivity index (χ1n) is 7.40. The molecule has 0 aromatic heterocycles. The SMILES string of the molecule is CN(CCOc1ccccc1F)C(=O)C(C)(N)c1ccccc1. The van der Waals surface area contributed by atoms with Crippen molar-refractivity contribution in [2.75, 3.05) is 20.2 Å². The summed E-state index contributed by atoms with van der Waals surface area (Å²) in [6, 6.07) is 15.4. The molecule has 0 aliphatic rings. The summed E-state index contributed by atoms with van der Waals surface area (Å²) in [7, 11) is 1.65. The minimum atomic E-state index is -1.12. The second-order valence-corrected chi connectivity index (χ2v) is 5.57.